The average Bonchev–Trinajstić information content (AvgIpc) is 2.43. The zero-order valence-corrected chi connectivity index (χ0v) is 14.2. The van der Waals surface area contributed by atoms with Crippen molar-refractivity contribution in [2.24, 2.45) is 0 Å². The molecule has 0 saturated carbocycles. The molecule has 6 heteroatoms. The first-order chi connectivity index (χ1) is 9.61. The van der Waals surface area contributed by atoms with Crippen LogP contribution in [0, 0.1) is 10.5 Å². The van der Waals surface area contributed by atoms with E-state index in [0.29, 0.717) is 15.3 Å². The summed E-state index contributed by atoms with van der Waals surface area (Å²) in [4.78, 5) is 8.22. The predicted octanol–water partition coefficient (Wildman–Crippen LogP) is 5.29. The molecule has 20 heavy (non-hydrogen) atoms. The van der Waals surface area contributed by atoms with Crippen molar-refractivity contribution in [1.29, 1.82) is 0 Å². The zero-order chi connectivity index (χ0) is 14.5. The van der Waals surface area contributed by atoms with Gasteiger partial charge in [0.1, 0.15) is 16.3 Å². The molecule has 0 unspecified atom stereocenters. The van der Waals surface area contributed by atoms with Gasteiger partial charge in [0.05, 0.1) is 10.2 Å². The summed E-state index contributed by atoms with van der Waals surface area (Å²) in [5.41, 5.74) is 1.05. The minimum Gasteiger partial charge on any atom is -0.345 e. The van der Waals surface area contributed by atoms with Gasteiger partial charge in [-0.3, -0.25) is 0 Å². The summed E-state index contributed by atoms with van der Waals surface area (Å²) in [7, 11) is 0. The monoisotopic (exact) mass is 372 g/mol. The Labute approximate surface area is 135 Å². The van der Waals surface area contributed by atoms with Crippen molar-refractivity contribution >= 4 is 39.9 Å². The summed E-state index contributed by atoms with van der Waals surface area (Å²) in [6, 6.07) is 6.73. The fourth-order valence-electron chi connectivity index (χ4n) is 1.76. The maximum Gasteiger partial charge on any atom is 0.144 e. The SMILES string of the molecule is CCCc1[nH]c(CSc2ccccc2F)nc(=S)c1Br. The van der Waals surface area contributed by atoms with Crippen LogP contribution in [0.25, 0.3) is 0 Å². The molecule has 0 fully saturated rings. The van der Waals surface area contributed by atoms with Gasteiger partial charge in [-0.2, -0.15) is 0 Å². The molecular formula is C14H14BrFN2S2. The van der Waals surface area contributed by atoms with Crippen LogP contribution in [0.2, 0.25) is 0 Å². The standard InChI is InChI=1S/C14H14BrFN2S2/c1-2-5-10-13(15)14(19)18-12(17-10)8-20-11-7-4-3-6-9(11)16/h3-4,6-7H,2,5,8H2,1H3,(H,17,18,19). The van der Waals surface area contributed by atoms with E-state index < -0.39 is 0 Å². The zero-order valence-electron chi connectivity index (χ0n) is 11.0. The lowest BCUT2D eigenvalue weighted by molar-refractivity contribution is 0.602. The first kappa shape index (κ1) is 15.7. The minimum absolute atomic E-state index is 0.206. The van der Waals surface area contributed by atoms with Crippen LogP contribution >= 0.6 is 39.9 Å². The molecule has 0 amide bonds. The van der Waals surface area contributed by atoms with E-state index in [4.69, 9.17) is 12.2 Å². The number of H-pyrrole nitrogens is 1. The highest BCUT2D eigenvalue weighted by atomic mass is 79.9. The van der Waals surface area contributed by atoms with Crippen molar-refractivity contribution in [2.75, 3.05) is 0 Å². The van der Waals surface area contributed by atoms with Crippen molar-refractivity contribution < 1.29 is 4.39 Å². The number of halogens is 2. The fourth-order valence-corrected chi connectivity index (χ4v) is 3.19. The number of aromatic nitrogens is 2. The second-order valence-electron chi connectivity index (χ2n) is 4.25. The summed E-state index contributed by atoms with van der Waals surface area (Å²) >= 11 is 10.1. The largest absolute Gasteiger partial charge is 0.345 e. The van der Waals surface area contributed by atoms with E-state index in [2.05, 4.69) is 32.8 Å². The molecule has 1 heterocycles. The topological polar surface area (TPSA) is 28.7 Å². The van der Waals surface area contributed by atoms with E-state index in [1.54, 1.807) is 12.1 Å². The molecule has 0 radical (unpaired) electrons. The number of nitrogens with one attached hydrogen (secondary N) is 1. The van der Waals surface area contributed by atoms with Crippen molar-refractivity contribution in [2.45, 2.75) is 30.4 Å². The van der Waals surface area contributed by atoms with E-state index in [-0.39, 0.29) is 5.82 Å². The van der Waals surface area contributed by atoms with Crippen LogP contribution in [-0.2, 0) is 12.2 Å². The smallest absolute Gasteiger partial charge is 0.144 e. The summed E-state index contributed by atoms with van der Waals surface area (Å²) in [5.74, 6) is 1.13. The molecule has 1 aromatic carbocycles. The second kappa shape index (κ2) is 7.33. The molecule has 0 aliphatic carbocycles. The molecular weight excluding hydrogens is 359 g/mol. The molecule has 2 rings (SSSR count). The first-order valence-electron chi connectivity index (χ1n) is 6.26. The third-order valence-corrected chi connectivity index (χ3v) is 5.16. The Bertz CT molecular complexity index is 658. The number of rotatable bonds is 5. The third kappa shape index (κ3) is 3.90. The van der Waals surface area contributed by atoms with Crippen LogP contribution in [0.4, 0.5) is 4.39 Å². The number of hydrogen-bond donors (Lipinski definition) is 1. The molecule has 0 aliphatic rings. The van der Waals surface area contributed by atoms with Crippen LogP contribution in [-0.4, -0.2) is 9.97 Å². The van der Waals surface area contributed by atoms with E-state index in [1.807, 2.05) is 6.07 Å². The van der Waals surface area contributed by atoms with Crippen LogP contribution < -0.4 is 0 Å². The molecule has 0 bridgehead atoms. The Kier molecular flexibility index (Phi) is 5.74. The molecule has 1 aromatic heterocycles. The Balaban J connectivity index is 2.18. The molecule has 0 spiro atoms. The van der Waals surface area contributed by atoms with Gasteiger partial charge in [0.25, 0.3) is 0 Å². The highest BCUT2D eigenvalue weighted by Crippen LogP contribution is 2.25. The van der Waals surface area contributed by atoms with E-state index >= 15 is 0 Å². The van der Waals surface area contributed by atoms with Gasteiger partial charge in [0.15, 0.2) is 0 Å². The number of hydrogen-bond acceptors (Lipinski definition) is 3. The summed E-state index contributed by atoms with van der Waals surface area (Å²) in [6.45, 7) is 2.11. The van der Waals surface area contributed by atoms with Gasteiger partial charge < -0.3 is 4.98 Å². The first-order valence-corrected chi connectivity index (χ1v) is 8.45. The fraction of sp³-hybridized carbons (Fsp3) is 0.286. The normalized spacial score (nSPS) is 10.8. The van der Waals surface area contributed by atoms with Gasteiger partial charge >= 0.3 is 0 Å². The van der Waals surface area contributed by atoms with Crippen LogP contribution in [0.3, 0.4) is 0 Å². The lowest BCUT2D eigenvalue weighted by Gasteiger charge is -2.08. The van der Waals surface area contributed by atoms with Crippen LogP contribution in [0.15, 0.2) is 33.6 Å². The third-order valence-electron chi connectivity index (χ3n) is 2.69. The lowest BCUT2D eigenvalue weighted by atomic mass is 10.2. The number of nitrogens with zero attached hydrogens (tertiary/aromatic N) is 1. The Morgan fingerprint density at radius 3 is 2.85 bits per heavy atom. The molecule has 0 aliphatic heterocycles. The van der Waals surface area contributed by atoms with Crippen molar-refractivity contribution in [3.63, 3.8) is 0 Å². The predicted molar refractivity (Wildman–Crippen MR) is 87.1 cm³/mol. The quantitative estimate of drug-likeness (QED) is 0.571. The highest BCUT2D eigenvalue weighted by molar-refractivity contribution is 9.10. The highest BCUT2D eigenvalue weighted by Gasteiger charge is 2.07. The second-order valence-corrected chi connectivity index (χ2v) is 6.45. The van der Waals surface area contributed by atoms with Crippen LogP contribution in [0.5, 0.6) is 0 Å². The van der Waals surface area contributed by atoms with Gasteiger partial charge in [-0.15, -0.1) is 11.8 Å². The van der Waals surface area contributed by atoms with Crippen molar-refractivity contribution in [1.82, 2.24) is 9.97 Å². The number of benzene rings is 1. The average molecular weight is 373 g/mol. The van der Waals surface area contributed by atoms with Gasteiger partial charge in [-0.1, -0.05) is 37.7 Å². The Morgan fingerprint density at radius 1 is 1.40 bits per heavy atom. The number of aromatic amines is 1. The summed E-state index contributed by atoms with van der Waals surface area (Å²) in [6.07, 6.45) is 1.93. The maximum atomic E-state index is 13.6. The maximum absolute atomic E-state index is 13.6. The molecule has 106 valence electrons. The van der Waals surface area contributed by atoms with Crippen molar-refractivity contribution in [3.8, 4) is 0 Å². The van der Waals surface area contributed by atoms with Gasteiger partial charge in [-0.25, -0.2) is 9.37 Å². The van der Waals surface area contributed by atoms with E-state index in [9.17, 15) is 4.39 Å². The molecule has 2 aromatic rings. The molecule has 1 N–H and O–H groups in total. The van der Waals surface area contributed by atoms with Gasteiger partial charge in [0.2, 0.25) is 0 Å². The molecule has 0 atom stereocenters. The lowest BCUT2D eigenvalue weighted by Crippen LogP contribution is -2.00. The number of thioether (sulfide) groups is 1. The van der Waals surface area contributed by atoms with Crippen LogP contribution in [0.1, 0.15) is 24.9 Å². The summed E-state index contributed by atoms with van der Waals surface area (Å²) < 4.78 is 15.0. The Hall–Kier alpha value is -0.720. The van der Waals surface area contributed by atoms with E-state index in [1.165, 1.54) is 17.8 Å². The minimum atomic E-state index is -0.206. The van der Waals surface area contributed by atoms with Crippen molar-refractivity contribution in [3.05, 3.63) is 50.7 Å². The van der Waals surface area contributed by atoms with Gasteiger partial charge in [0, 0.05) is 10.6 Å². The molecule has 2 nitrogen and oxygen atoms in total. The summed E-state index contributed by atoms with van der Waals surface area (Å²) in [5, 5.41) is 0. The number of aryl methyl sites for hydroxylation is 1. The Morgan fingerprint density at radius 2 is 2.15 bits per heavy atom. The van der Waals surface area contributed by atoms with Gasteiger partial charge in [-0.05, 0) is 34.5 Å². The van der Waals surface area contributed by atoms with E-state index in [0.717, 1.165) is 28.8 Å². The molecule has 0 saturated heterocycles.